The Bertz CT molecular complexity index is 521. The third kappa shape index (κ3) is 5.91. The molecule has 0 aromatic heterocycles. The van der Waals surface area contributed by atoms with Crippen molar-refractivity contribution in [1.82, 2.24) is 15.1 Å². The lowest BCUT2D eigenvalue weighted by atomic mass is 10.2. The zero-order valence-electron chi connectivity index (χ0n) is 12.3. The second kappa shape index (κ2) is 8.22. The predicted molar refractivity (Wildman–Crippen MR) is 84.5 cm³/mol. The molecule has 5 nitrogen and oxygen atoms in total. The molecule has 0 radical (unpaired) electrons. The van der Waals surface area contributed by atoms with Crippen molar-refractivity contribution >= 4 is 35.0 Å². The Kier molecular flexibility index (Phi) is 6.95. The standard InChI is InChI=1S/C14H19Cl2N3O2/c1-18(2)13(21)7-17-12(20)9-19(3)8-10-5-4-6-11(15)14(10)16/h4-6H,7-9H2,1-3H3,(H,17,20). The van der Waals surface area contributed by atoms with Crippen LogP contribution in [0.2, 0.25) is 10.0 Å². The molecule has 0 saturated carbocycles. The second-order valence-electron chi connectivity index (χ2n) is 4.95. The fourth-order valence-electron chi connectivity index (χ4n) is 1.65. The summed E-state index contributed by atoms with van der Waals surface area (Å²) in [5.41, 5.74) is 0.851. The second-order valence-corrected chi connectivity index (χ2v) is 5.74. The Labute approximate surface area is 134 Å². The third-order valence-electron chi connectivity index (χ3n) is 2.82. The first-order valence-electron chi connectivity index (χ1n) is 6.39. The van der Waals surface area contributed by atoms with Gasteiger partial charge in [0.1, 0.15) is 0 Å². The van der Waals surface area contributed by atoms with E-state index in [1.807, 2.05) is 12.1 Å². The minimum absolute atomic E-state index is 0.00239. The molecule has 0 spiro atoms. The minimum Gasteiger partial charge on any atom is -0.347 e. The van der Waals surface area contributed by atoms with E-state index >= 15 is 0 Å². The first-order valence-corrected chi connectivity index (χ1v) is 7.15. The number of carbonyl (C=O) groups is 2. The Morgan fingerprint density at radius 3 is 2.48 bits per heavy atom. The summed E-state index contributed by atoms with van der Waals surface area (Å²) < 4.78 is 0. The number of rotatable bonds is 6. The molecule has 7 heteroatoms. The number of nitrogens with zero attached hydrogens (tertiary/aromatic N) is 2. The quantitative estimate of drug-likeness (QED) is 0.861. The van der Waals surface area contributed by atoms with E-state index in [0.717, 1.165) is 5.56 Å². The average Bonchev–Trinajstić information content (AvgIpc) is 2.41. The van der Waals surface area contributed by atoms with Crippen molar-refractivity contribution in [3.63, 3.8) is 0 Å². The molecule has 0 saturated heterocycles. The van der Waals surface area contributed by atoms with Crippen molar-refractivity contribution in [2.75, 3.05) is 34.2 Å². The maximum atomic E-state index is 11.7. The number of hydrogen-bond donors (Lipinski definition) is 1. The highest BCUT2D eigenvalue weighted by Crippen LogP contribution is 2.26. The summed E-state index contributed by atoms with van der Waals surface area (Å²) in [6.07, 6.45) is 0. The number of amides is 2. The van der Waals surface area contributed by atoms with Crippen molar-refractivity contribution in [1.29, 1.82) is 0 Å². The molecule has 116 valence electrons. The van der Waals surface area contributed by atoms with Crippen LogP contribution in [0, 0.1) is 0 Å². The molecule has 1 aromatic rings. The van der Waals surface area contributed by atoms with Gasteiger partial charge in [0.05, 0.1) is 23.1 Å². The molecule has 1 rings (SSSR count). The largest absolute Gasteiger partial charge is 0.347 e. The van der Waals surface area contributed by atoms with Crippen LogP contribution >= 0.6 is 23.2 Å². The Balaban J connectivity index is 2.46. The van der Waals surface area contributed by atoms with Crippen LogP contribution in [-0.4, -0.2) is 55.8 Å². The number of likely N-dealkylation sites (N-methyl/N-ethyl adjacent to an activating group) is 2. The van der Waals surface area contributed by atoms with Crippen LogP contribution in [0.15, 0.2) is 18.2 Å². The zero-order valence-corrected chi connectivity index (χ0v) is 13.8. The fourth-order valence-corrected chi connectivity index (χ4v) is 2.03. The predicted octanol–water partition coefficient (Wildman–Crippen LogP) is 1.63. The van der Waals surface area contributed by atoms with Gasteiger partial charge in [0.2, 0.25) is 11.8 Å². The molecular formula is C14H19Cl2N3O2. The molecule has 0 bridgehead atoms. The van der Waals surface area contributed by atoms with Gasteiger partial charge in [-0.3, -0.25) is 14.5 Å². The molecule has 0 heterocycles. The Morgan fingerprint density at radius 1 is 1.19 bits per heavy atom. The van der Waals surface area contributed by atoms with E-state index in [9.17, 15) is 9.59 Å². The van der Waals surface area contributed by atoms with Gasteiger partial charge < -0.3 is 10.2 Å². The van der Waals surface area contributed by atoms with E-state index in [1.54, 1.807) is 32.1 Å². The molecule has 21 heavy (non-hydrogen) atoms. The van der Waals surface area contributed by atoms with Crippen molar-refractivity contribution in [2.45, 2.75) is 6.54 Å². The Hall–Kier alpha value is -1.30. The summed E-state index contributed by atoms with van der Waals surface area (Å²) in [5, 5.41) is 3.56. The summed E-state index contributed by atoms with van der Waals surface area (Å²) in [7, 11) is 5.08. The van der Waals surface area contributed by atoms with Crippen molar-refractivity contribution in [2.24, 2.45) is 0 Å². The Morgan fingerprint density at radius 2 is 1.86 bits per heavy atom. The highest BCUT2D eigenvalue weighted by atomic mass is 35.5. The van der Waals surface area contributed by atoms with Gasteiger partial charge in [-0.05, 0) is 18.7 Å². The number of carbonyl (C=O) groups excluding carboxylic acids is 2. The molecule has 0 aliphatic rings. The van der Waals surface area contributed by atoms with E-state index in [1.165, 1.54) is 4.90 Å². The lowest BCUT2D eigenvalue weighted by Gasteiger charge is -2.18. The molecule has 2 amide bonds. The van der Waals surface area contributed by atoms with Gasteiger partial charge in [0.15, 0.2) is 0 Å². The summed E-state index contributed by atoms with van der Waals surface area (Å²) in [6.45, 7) is 0.662. The highest BCUT2D eigenvalue weighted by Gasteiger charge is 2.12. The van der Waals surface area contributed by atoms with Crippen LogP contribution in [0.3, 0.4) is 0 Å². The molecule has 1 N–H and O–H groups in total. The van der Waals surface area contributed by atoms with Crippen molar-refractivity contribution < 1.29 is 9.59 Å². The van der Waals surface area contributed by atoms with Gasteiger partial charge in [0.25, 0.3) is 0 Å². The van der Waals surface area contributed by atoms with Gasteiger partial charge in [-0.15, -0.1) is 0 Å². The summed E-state index contributed by atoms with van der Waals surface area (Å²) in [6, 6.07) is 5.39. The van der Waals surface area contributed by atoms with Crippen LogP contribution in [-0.2, 0) is 16.1 Å². The van der Waals surface area contributed by atoms with Gasteiger partial charge in [-0.2, -0.15) is 0 Å². The van der Waals surface area contributed by atoms with Crippen molar-refractivity contribution in [3.05, 3.63) is 33.8 Å². The molecule has 0 unspecified atom stereocenters. The lowest BCUT2D eigenvalue weighted by molar-refractivity contribution is -0.131. The van der Waals surface area contributed by atoms with Gasteiger partial charge >= 0.3 is 0 Å². The SMILES string of the molecule is CN(CC(=O)NCC(=O)N(C)C)Cc1cccc(Cl)c1Cl. The van der Waals surface area contributed by atoms with Gasteiger partial charge in [-0.1, -0.05) is 35.3 Å². The first-order chi connectivity index (χ1) is 9.81. The lowest BCUT2D eigenvalue weighted by Crippen LogP contribution is -2.40. The average molecular weight is 332 g/mol. The summed E-state index contributed by atoms with van der Waals surface area (Å²) in [5.74, 6) is -0.366. The van der Waals surface area contributed by atoms with Crippen LogP contribution in [0.1, 0.15) is 5.56 Å². The van der Waals surface area contributed by atoms with Crippen LogP contribution in [0.25, 0.3) is 0 Å². The van der Waals surface area contributed by atoms with Crippen molar-refractivity contribution in [3.8, 4) is 0 Å². The van der Waals surface area contributed by atoms with Gasteiger partial charge in [-0.25, -0.2) is 0 Å². The zero-order chi connectivity index (χ0) is 16.0. The maximum absolute atomic E-state index is 11.7. The fraction of sp³-hybridized carbons (Fsp3) is 0.429. The molecule has 0 fully saturated rings. The van der Waals surface area contributed by atoms with Gasteiger partial charge in [0, 0.05) is 20.6 Å². The number of hydrogen-bond acceptors (Lipinski definition) is 3. The number of benzene rings is 1. The molecular weight excluding hydrogens is 313 g/mol. The third-order valence-corrected chi connectivity index (χ3v) is 3.68. The summed E-state index contributed by atoms with van der Waals surface area (Å²) in [4.78, 5) is 26.3. The normalized spacial score (nSPS) is 10.6. The van der Waals surface area contributed by atoms with E-state index in [-0.39, 0.29) is 24.9 Å². The first kappa shape index (κ1) is 17.8. The number of nitrogens with one attached hydrogen (secondary N) is 1. The van der Waals surface area contributed by atoms with E-state index < -0.39 is 0 Å². The molecule has 0 aliphatic carbocycles. The monoisotopic (exact) mass is 331 g/mol. The maximum Gasteiger partial charge on any atom is 0.241 e. The molecule has 0 aliphatic heterocycles. The summed E-state index contributed by atoms with van der Waals surface area (Å²) >= 11 is 12.0. The van der Waals surface area contributed by atoms with Crippen LogP contribution < -0.4 is 5.32 Å². The molecule has 0 atom stereocenters. The smallest absolute Gasteiger partial charge is 0.241 e. The van der Waals surface area contributed by atoms with E-state index in [4.69, 9.17) is 23.2 Å². The molecule has 1 aromatic carbocycles. The van der Waals surface area contributed by atoms with E-state index in [2.05, 4.69) is 5.32 Å². The van der Waals surface area contributed by atoms with E-state index in [0.29, 0.717) is 16.6 Å². The van der Waals surface area contributed by atoms with Crippen LogP contribution in [0.5, 0.6) is 0 Å². The number of halogens is 2. The topological polar surface area (TPSA) is 52.7 Å². The van der Waals surface area contributed by atoms with Crippen LogP contribution in [0.4, 0.5) is 0 Å². The minimum atomic E-state index is -0.217. The highest BCUT2D eigenvalue weighted by molar-refractivity contribution is 6.42.